The van der Waals surface area contributed by atoms with Gasteiger partial charge in [0.2, 0.25) is 0 Å². The number of phenolic OH excluding ortho intramolecular Hbond substituents is 1. The van der Waals surface area contributed by atoms with Crippen LogP contribution in [0.3, 0.4) is 0 Å². The summed E-state index contributed by atoms with van der Waals surface area (Å²) in [6.45, 7) is 0. The first-order chi connectivity index (χ1) is 6.07. The molecular weight excluding hydrogens is 307 g/mol. The first-order valence-electron chi connectivity index (χ1n) is 3.34. The summed E-state index contributed by atoms with van der Waals surface area (Å²) in [5, 5.41) is 9.32. The van der Waals surface area contributed by atoms with Crippen molar-refractivity contribution in [3.05, 3.63) is 28.0 Å². The lowest BCUT2D eigenvalue weighted by molar-refractivity contribution is 0.102. The molecule has 1 N–H and O–H groups in total. The zero-order valence-electron chi connectivity index (χ0n) is 6.35. The highest BCUT2D eigenvalue weighted by atomic mass is 79.9. The highest BCUT2D eigenvalue weighted by molar-refractivity contribution is 9.10. The number of hydrogen-bond acceptors (Lipinski definition) is 2. The second-order valence-electron chi connectivity index (χ2n) is 2.31. The van der Waals surface area contributed by atoms with E-state index in [0.717, 1.165) is 12.1 Å². The smallest absolute Gasteiger partial charge is 0.178 e. The lowest BCUT2D eigenvalue weighted by Gasteiger charge is -2.04. The average molecular weight is 312 g/mol. The molecule has 2 nitrogen and oxygen atoms in total. The van der Waals surface area contributed by atoms with Crippen LogP contribution in [0.1, 0.15) is 10.4 Å². The molecule has 0 aromatic heterocycles. The zero-order valence-corrected chi connectivity index (χ0v) is 9.52. The third-order valence-electron chi connectivity index (χ3n) is 1.47. The summed E-state index contributed by atoms with van der Waals surface area (Å²) in [4.78, 5) is 11.2. The maximum absolute atomic E-state index is 12.9. The number of halogens is 3. The number of rotatable bonds is 2. The van der Waals surface area contributed by atoms with Crippen molar-refractivity contribution in [2.24, 2.45) is 0 Å². The predicted molar refractivity (Wildman–Crippen MR) is 53.9 cm³/mol. The van der Waals surface area contributed by atoms with Gasteiger partial charge in [0.1, 0.15) is 11.6 Å². The van der Waals surface area contributed by atoms with Gasteiger partial charge >= 0.3 is 0 Å². The van der Waals surface area contributed by atoms with Crippen LogP contribution in [0.2, 0.25) is 0 Å². The summed E-state index contributed by atoms with van der Waals surface area (Å²) in [7, 11) is 0. The topological polar surface area (TPSA) is 37.3 Å². The second-order valence-corrected chi connectivity index (χ2v) is 3.67. The number of benzene rings is 1. The molecule has 0 unspecified atom stereocenters. The van der Waals surface area contributed by atoms with Crippen molar-refractivity contribution < 1.29 is 14.3 Å². The maximum Gasteiger partial charge on any atom is 0.178 e. The first-order valence-corrected chi connectivity index (χ1v) is 5.25. The van der Waals surface area contributed by atoms with Crippen molar-refractivity contribution in [2.75, 3.05) is 5.33 Å². The molecule has 0 atom stereocenters. The molecule has 1 aromatic carbocycles. The fourth-order valence-electron chi connectivity index (χ4n) is 0.873. The number of ketones is 1. The van der Waals surface area contributed by atoms with Crippen LogP contribution in [0.15, 0.2) is 16.6 Å². The van der Waals surface area contributed by atoms with Gasteiger partial charge in [-0.2, -0.15) is 0 Å². The van der Waals surface area contributed by atoms with E-state index < -0.39 is 5.82 Å². The standard InChI is InChI=1S/C8H5Br2FO2/c9-3-6(13)7-5(12)2-1-4(11)8(7)10/h1-2,12H,3H2. The van der Waals surface area contributed by atoms with Crippen LogP contribution in [0.25, 0.3) is 0 Å². The third-order valence-corrected chi connectivity index (χ3v) is 2.76. The van der Waals surface area contributed by atoms with Gasteiger partial charge in [-0.05, 0) is 28.1 Å². The fourth-order valence-corrected chi connectivity index (χ4v) is 1.71. The second kappa shape index (κ2) is 4.19. The molecule has 70 valence electrons. The molecule has 5 heteroatoms. The van der Waals surface area contributed by atoms with Crippen molar-refractivity contribution in [2.45, 2.75) is 0 Å². The molecule has 0 saturated carbocycles. The summed E-state index contributed by atoms with van der Waals surface area (Å²) in [6.07, 6.45) is 0. The van der Waals surface area contributed by atoms with Crippen LogP contribution in [-0.4, -0.2) is 16.2 Å². The molecule has 0 aliphatic rings. The lowest BCUT2D eigenvalue weighted by atomic mass is 10.1. The molecule has 0 amide bonds. The molecule has 0 bridgehead atoms. The number of carbonyl (C=O) groups is 1. The van der Waals surface area contributed by atoms with E-state index in [2.05, 4.69) is 31.9 Å². The average Bonchev–Trinajstić information content (AvgIpc) is 2.12. The monoisotopic (exact) mass is 310 g/mol. The molecule has 0 spiro atoms. The number of aromatic hydroxyl groups is 1. The van der Waals surface area contributed by atoms with Gasteiger partial charge in [-0.1, -0.05) is 15.9 Å². The Morgan fingerprint density at radius 3 is 2.69 bits per heavy atom. The Morgan fingerprint density at radius 1 is 1.54 bits per heavy atom. The van der Waals surface area contributed by atoms with E-state index in [1.807, 2.05) is 0 Å². The first kappa shape index (κ1) is 10.7. The Balaban J connectivity index is 3.33. The molecule has 0 aliphatic carbocycles. The van der Waals surface area contributed by atoms with E-state index in [4.69, 9.17) is 0 Å². The van der Waals surface area contributed by atoms with Gasteiger partial charge in [-0.25, -0.2) is 4.39 Å². The Bertz CT molecular complexity index is 352. The van der Waals surface area contributed by atoms with E-state index >= 15 is 0 Å². The SMILES string of the molecule is O=C(CBr)c1c(O)ccc(F)c1Br. The van der Waals surface area contributed by atoms with Gasteiger partial charge < -0.3 is 5.11 Å². The Labute approximate surface area is 91.0 Å². The van der Waals surface area contributed by atoms with Gasteiger partial charge in [0.05, 0.1) is 15.4 Å². The maximum atomic E-state index is 12.9. The van der Waals surface area contributed by atoms with Gasteiger partial charge in [0, 0.05) is 0 Å². The summed E-state index contributed by atoms with van der Waals surface area (Å²) in [5.41, 5.74) is -0.0307. The number of alkyl halides is 1. The Kier molecular flexibility index (Phi) is 3.44. The van der Waals surface area contributed by atoms with Crippen molar-refractivity contribution in [3.63, 3.8) is 0 Å². The summed E-state index contributed by atoms with van der Waals surface area (Å²) >= 11 is 5.84. The molecule has 0 saturated heterocycles. The number of hydrogen-bond donors (Lipinski definition) is 1. The molecule has 0 aliphatic heterocycles. The minimum absolute atomic E-state index is 0.00282. The van der Waals surface area contributed by atoms with Crippen LogP contribution >= 0.6 is 31.9 Å². The van der Waals surface area contributed by atoms with Crippen molar-refractivity contribution in [3.8, 4) is 5.75 Å². The van der Waals surface area contributed by atoms with Gasteiger partial charge in [0.25, 0.3) is 0 Å². The van der Waals surface area contributed by atoms with Crippen LogP contribution in [0.5, 0.6) is 5.75 Å². The molecular formula is C8H5Br2FO2. The molecule has 1 aromatic rings. The van der Waals surface area contributed by atoms with Crippen LogP contribution < -0.4 is 0 Å². The van der Waals surface area contributed by atoms with Crippen molar-refractivity contribution in [1.82, 2.24) is 0 Å². The minimum Gasteiger partial charge on any atom is -0.507 e. The largest absolute Gasteiger partial charge is 0.507 e. The van der Waals surface area contributed by atoms with E-state index in [9.17, 15) is 14.3 Å². The fraction of sp³-hybridized carbons (Fsp3) is 0.125. The van der Waals surface area contributed by atoms with Gasteiger partial charge in [0.15, 0.2) is 5.78 Å². The Hall–Kier alpha value is -0.420. The number of carbonyl (C=O) groups excluding carboxylic acids is 1. The molecule has 13 heavy (non-hydrogen) atoms. The number of Topliss-reactive ketones (excluding diaryl/α,β-unsaturated/α-hetero) is 1. The molecule has 1 rings (SSSR count). The summed E-state index contributed by atoms with van der Waals surface area (Å²) in [6, 6.07) is 2.24. The summed E-state index contributed by atoms with van der Waals surface area (Å²) in [5.74, 6) is -1.16. The number of phenols is 1. The van der Waals surface area contributed by atoms with Crippen LogP contribution in [0.4, 0.5) is 4.39 Å². The van der Waals surface area contributed by atoms with E-state index in [1.165, 1.54) is 0 Å². The Morgan fingerprint density at radius 2 is 2.15 bits per heavy atom. The minimum atomic E-state index is -0.567. The molecule has 0 heterocycles. The summed E-state index contributed by atoms with van der Waals surface area (Å²) < 4.78 is 12.9. The van der Waals surface area contributed by atoms with Crippen molar-refractivity contribution in [1.29, 1.82) is 0 Å². The zero-order chi connectivity index (χ0) is 10.0. The normalized spacial score (nSPS) is 10.1. The lowest BCUT2D eigenvalue weighted by Crippen LogP contribution is -2.02. The van der Waals surface area contributed by atoms with Gasteiger partial charge in [-0.15, -0.1) is 0 Å². The van der Waals surface area contributed by atoms with E-state index in [1.54, 1.807) is 0 Å². The highest BCUT2D eigenvalue weighted by Crippen LogP contribution is 2.29. The van der Waals surface area contributed by atoms with Gasteiger partial charge in [-0.3, -0.25) is 4.79 Å². The van der Waals surface area contributed by atoms with Crippen LogP contribution in [-0.2, 0) is 0 Å². The molecule has 0 radical (unpaired) electrons. The third kappa shape index (κ3) is 2.08. The molecule has 0 fully saturated rings. The van der Waals surface area contributed by atoms with Crippen molar-refractivity contribution >= 4 is 37.6 Å². The van der Waals surface area contributed by atoms with E-state index in [0.29, 0.717) is 0 Å². The quantitative estimate of drug-likeness (QED) is 0.673. The predicted octanol–water partition coefficient (Wildman–Crippen LogP) is 2.87. The van der Waals surface area contributed by atoms with Crippen LogP contribution in [0, 0.1) is 5.82 Å². The highest BCUT2D eigenvalue weighted by Gasteiger charge is 2.16. The van der Waals surface area contributed by atoms with E-state index in [-0.39, 0.29) is 26.9 Å².